The number of rotatable bonds is 4. The van der Waals surface area contributed by atoms with Crippen molar-refractivity contribution < 1.29 is 14.9 Å². The van der Waals surface area contributed by atoms with Crippen molar-refractivity contribution in [2.45, 2.75) is 13.5 Å². The van der Waals surface area contributed by atoms with Gasteiger partial charge in [-0.3, -0.25) is 0 Å². The highest BCUT2D eigenvalue weighted by Gasteiger charge is 2.03. The summed E-state index contributed by atoms with van der Waals surface area (Å²) >= 11 is 0. The van der Waals surface area contributed by atoms with Gasteiger partial charge in [-0.25, -0.2) is 0 Å². The number of ether oxygens (including phenoxy) is 1. The number of aryl methyl sites for hydroxylation is 1. The largest absolute Gasteiger partial charge is 0.508 e. The molecule has 0 amide bonds. The third-order valence-electron chi connectivity index (χ3n) is 2.94. The van der Waals surface area contributed by atoms with E-state index in [2.05, 4.69) is 5.32 Å². The van der Waals surface area contributed by atoms with E-state index < -0.39 is 0 Å². The molecule has 2 aromatic carbocycles. The Kier molecular flexibility index (Phi) is 3.80. The zero-order chi connectivity index (χ0) is 13.8. The Morgan fingerprint density at radius 1 is 1.05 bits per heavy atom. The van der Waals surface area contributed by atoms with Crippen LogP contribution in [-0.2, 0) is 6.54 Å². The lowest BCUT2D eigenvalue weighted by Crippen LogP contribution is -2.00. The van der Waals surface area contributed by atoms with E-state index >= 15 is 0 Å². The number of phenolic OH excluding ortho intramolecular Hbond substituents is 2. The number of phenols is 2. The van der Waals surface area contributed by atoms with Crippen molar-refractivity contribution >= 4 is 5.69 Å². The summed E-state index contributed by atoms with van der Waals surface area (Å²) in [7, 11) is 1.52. The number of methoxy groups -OCH3 is 1. The minimum atomic E-state index is 0.131. The lowest BCUT2D eigenvalue weighted by atomic mass is 10.1. The van der Waals surface area contributed by atoms with Crippen LogP contribution < -0.4 is 10.1 Å². The molecule has 0 fully saturated rings. The molecule has 19 heavy (non-hydrogen) atoms. The number of anilines is 1. The van der Waals surface area contributed by atoms with E-state index in [0.29, 0.717) is 12.3 Å². The molecule has 3 N–H and O–H groups in total. The van der Waals surface area contributed by atoms with Crippen molar-refractivity contribution in [3.8, 4) is 17.2 Å². The molecule has 4 nitrogen and oxygen atoms in total. The van der Waals surface area contributed by atoms with E-state index in [0.717, 1.165) is 16.8 Å². The predicted octanol–water partition coefficient (Wildman–Crippen LogP) is 3.03. The van der Waals surface area contributed by atoms with Crippen molar-refractivity contribution in [3.05, 3.63) is 47.5 Å². The van der Waals surface area contributed by atoms with Crippen molar-refractivity contribution in [3.63, 3.8) is 0 Å². The van der Waals surface area contributed by atoms with Crippen LogP contribution in [0, 0.1) is 6.92 Å². The lowest BCUT2D eigenvalue weighted by Gasteiger charge is -2.10. The third kappa shape index (κ3) is 3.10. The summed E-state index contributed by atoms with van der Waals surface area (Å²) in [4.78, 5) is 0. The second-order valence-corrected chi connectivity index (χ2v) is 4.36. The van der Waals surface area contributed by atoms with Gasteiger partial charge in [-0.05, 0) is 48.4 Å². The second-order valence-electron chi connectivity index (χ2n) is 4.36. The van der Waals surface area contributed by atoms with Gasteiger partial charge >= 0.3 is 0 Å². The van der Waals surface area contributed by atoms with Crippen LogP contribution in [0.3, 0.4) is 0 Å². The van der Waals surface area contributed by atoms with Gasteiger partial charge in [0, 0.05) is 12.2 Å². The number of hydrogen-bond donors (Lipinski definition) is 3. The highest BCUT2D eigenvalue weighted by atomic mass is 16.5. The van der Waals surface area contributed by atoms with E-state index in [1.54, 1.807) is 18.2 Å². The normalized spacial score (nSPS) is 10.2. The first-order chi connectivity index (χ1) is 9.10. The molecule has 0 aliphatic rings. The highest BCUT2D eigenvalue weighted by Crippen LogP contribution is 2.27. The van der Waals surface area contributed by atoms with Crippen molar-refractivity contribution in [2.24, 2.45) is 0 Å². The molecule has 0 atom stereocenters. The average Bonchev–Trinajstić information content (AvgIpc) is 2.41. The molecule has 0 heterocycles. The standard InChI is InChI=1S/C15H17NO3/c1-10-7-12(4-6-13(10)17)16-9-11-3-5-14(18)15(8-11)19-2/h3-8,16-18H,9H2,1-2H3. The molecule has 0 aliphatic carbocycles. The summed E-state index contributed by atoms with van der Waals surface area (Å²) in [6, 6.07) is 10.6. The minimum absolute atomic E-state index is 0.131. The molecule has 100 valence electrons. The fraction of sp³-hybridized carbons (Fsp3) is 0.200. The van der Waals surface area contributed by atoms with Gasteiger partial charge in [0.2, 0.25) is 0 Å². The minimum Gasteiger partial charge on any atom is -0.508 e. The predicted molar refractivity (Wildman–Crippen MR) is 74.8 cm³/mol. The van der Waals surface area contributed by atoms with Gasteiger partial charge in [0.15, 0.2) is 11.5 Å². The second kappa shape index (κ2) is 5.52. The Morgan fingerprint density at radius 2 is 1.79 bits per heavy atom. The highest BCUT2D eigenvalue weighted by molar-refractivity contribution is 5.51. The van der Waals surface area contributed by atoms with Gasteiger partial charge in [-0.15, -0.1) is 0 Å². The molecular formula is C15H17NO3. The Morgan fingerprint density at radius 3 is 2.47 bits per heavy atom. The maximum absolute atomic E-state index is 9.51. The Labute approximate surface area is 112 Å². The maximum Gasteiger partial charge on any atom is 0.160 e. The maximum atomic E-state index is 9.51. The first kappa shape index (κ1) is 13.1. The Hall–Kier alpha value is -2.36. The fourth-order valence-corrected chi connectivity index (χ4v) is 1.80. The molecule has 0 bridgehead atoms. The molecule has 0 radical (unpaired) electrons. The fourth-order valence-electron chi connectivity index (χ4n) is 1.80. The van der Waals surface area contributed by atoms with E-state index in [9.17, 15) is 10.2 Å². The van der Waals surface area contributed by atoms with E-state index in [1.165, 1.54) is 7.11 Å². The van der Waals surface area contributed by atoms with E-state index in [1.807, 2.05) is 25.1 Å². The average molecular weight is 259 g/mol. The van der Waals surface area contributed by atoms with Gasteiger partial charge in [0.25, 0.3) is 0 Å². The number of benzene rings is 2. The summed E-state index contributed by atoms with van der Waals surface area (Å²) in [5.74, 6) is 0.879. The smallest absolute Gasteiger partial charge is 0.160 e. The summed E-state index contributed by atoms with van der Waals surface area (Å²) in [6.45, 7) is 2.46. The van der Waals surface area contributed by atoms with Crippen LogP contribution in [-0.4, -0.2) is 17.3 Å². The molecular weight excluding hydrogens is 242 g/mol. The SMILES string of the molecule is COc1cc(CNc2ccc(O)c(C)c2)ccc1O. The van der Waals surface area contributed by atoms with Gasteiger partial charge in [-0.2, -0.15) is 0 Å². The summed E-state index contributed by atoms with van der Waals surface area (Å²) in [6.07, 6.45) is 0. The van der Waals surface area contributed by atoms with Crippen LogP contribution in [0.1, 0.15) is 11.1 Å². The molecule has 0 saturated heterocycles. The van der Waals surface area contributed by atoms with Crippen LogP contribution in [0.4, 0.5) is 5.69 Å². The van der Waals surface area contributed by atoms with Crippen LogP contribution in [0.15, 0.2) is 36.4 Å². The zero-order valence-corrected chi connectivity index (χ0v) is 11.0. The van der Waals surface area contributed by atoms with Crippen LogP contribution >= 0.6 is 0 Å². The Bertz CT molecular complexity index is 582. The first-order valence-electron chi connectivity index (χ1n) is 5.99. The Balaban J connectivity index is 2.07. The topological polar surface area (TPSA) is 61.7 Å². The van der Waals surface area contributed by atoms with Crippen molar-refractivity contribution in [2.75, 3.05) is 12.4 Å². The van der Waals surface area contributed by atoms with Gasteiger partial charge in [-0.1, -0.05) is 6.07 Å². The molecule has 0 saturated carbocycles. The summed E-state index contributed by atoms with van der Waals surface area (Å²) < 4.78 is 5.06. The van der Waals surface area contributed by atoms with Crippen molar-refractivity contribution in [1.82, 2.24) is 0 Å². The molecule has 0 aliphatic heterocycles. The number of aromatic hydroxyl groups is 2. The summed E-state index contributed by atoms with van der Waals surface area (Å²) in [5, 5.41) is 22.2. The number of nitrogens with one attached hydrogen (secondary N) is 1. The quantitative estimate of drug-likeness (QED) is 0.739. The van der Waals surface area contributed by atoms with Gasteiger partial charge in [0.1, 0.15) is 5.75 Å². The molecule has 2 aromatic rings. The first-order valence-corrected chi connectivity index (χ1v) is 5.99. The lowest BCUT2D eigenvalue weighted by molar-refractivity contribution is 0.373. The third-order valence-corrected chi connectivity index (χ3v) is 2.94. The molecule has 0 unspecified atom stereocenters. The van der Waals surface area contributed by atoms with Crippen LogP contribution in [0.2, 0.25) is 0 Å². The van der Waals surface area contributed by atoms with Crippen LogP contribution in [0.25, 0.3) is 0 Å². The van der Waals surface area contributed by atoms with E-state index in [-0.39, 0.29) is 11.5 Å². The van der Waals surface area contributed by atoms with Crippen LogP contribution in [0.5, 0.6) is 17.2 Å². The van der Waals surface area contributed by atoms with Gasteiger partial charge < -0.3 is 20.3 Å². The monoisotopic (exact) mass is 259 g/mol. The zero-order valence-electron chi connectivity index (χ0n) is 11.0. The molecule has 4 heteroatoms. The number of hydrogen-bond acceptors (Lipinski definition) is 4. The molecule has 0 spiro atoms. The molecule has 2 rings (SSSR count). The molecule has 0 aromatic heterocycles. The summed E-state index contributed by atoms with van der Waals surface area (Å²) in [5.41, 5.74) is 2.76. The van der Waals surface area contributed by atoms with Crippen molar-refractivity contribution in [1.29, 1.82) is 0 Å². The van der Waals surface area contributed by atoms with E-state index in [4.69, 9.17) is 4.74 Å². The van der Waals surface area contributed by atoms with Gasteiger partial charge in [0.05, 0.1) is 7.11 Å².